The van der Waals surface area contributed by atoms with E-state index in [0.29, 0.717) is 18.7 Å². The Kier molecular flexibility index (Phi) is 4.43. The maximum absolute atomic E-state index is 12.7. The van der Waals surface area contributed by atoms with Gasteiger partial charge in [-0.1, -0.05) is 19.1 Å². The van der Waals surface area contributed by atoms with E-state index in [1.54, 1.807) is 4.90 Å². The molecule has 0 unspecified atom stereocenters. The smallest absolute Gasteiger partial charge is 0.229 e. The summed E-state index contributed by atoms with van der Waals surface area (Å²) in [4.78, 5) is 26.4. The lowest BCUT2D eigenvalue weighted by molar-refractivity contribution is -0.120. The Labute approximate surface area is 130 Å². The molecule has 0 aromatic heterocycles. The number of benzene rings is 1. The number of fused-ring (bicyclic) bond motifs is 1. The number of amides is 2. The molecular weight excluding hydrogens is 280 g/mol. The van der Waals surface area contributed by atoms with Crippen molar-refractivity contribution in [2.75, 3.05) is 23.4 Å². The first-order chi connectivity index (χ1) is 10.6. The minimum absolute atomic E-state index is 0.0399. The van der Waals surface area contributed by atoms with Gasteiger partial charge in [-0.15, -0.1) is 0 Å². The second-order valence-electron chi connectivity index (χ2n) is 6.09. The summed E-state index contributed by atoms with van der Waals surface area (Å²) in [5, 5.41) is 2.90. The Morgan fingerprint density at radius 1 is 1.41 bits per heavy atom. The van der Waals surface area contributed by atoms with E-state index in [1.807, 2.05) is 31.2 Å². The van der Waals surface area contributed by atoms with Crippen molar-refractivity contribution in [3.63, 3.8) is 0 Å². The second kappa shape index (κ2) is 6.48. The highest BCUT2D eigenvalue weighted by Crippen LogP contribution is 2.30. The molecular formula is C17H22N2O3. The van der Waals surface area contributed by atoms with Gasteiger partial charge in [-0.05, 0) is 31.4 Å². The van der Waals surface area contributed by atoms with Crippen molar-refractivity contribution in [2.24, 2.45) is 5.92 Å². The van der Waals surface area contributed by atoms with Crippen molar-refractivity contribution in [2.45, 2.75) is 38.7 Å². The van der Waals surface area contributed by atoms with Crippen LogP contribution in [0.25, 0.3) is 0 Å². The van der Waals surface area contributed by atoms with Crippen molar-refractivity contribution in [1.82, 2.24) is 0 Å². The lowest BCUT2D eigenvalue weighted by atomic mass is 10.1. The van der Waals surface area contributed by atoms with Gasteiger partial charge in [-0.3, -0.25) is 9.59 Å². The third-order valence-corrected chi connectivity index (χ3v) is 4.36. The minimum Gasteiger partial charge on any atom is -0.378 e. The summed E-state index contributed by atoms with van der Waals surface area (Å²) < 4.78 is 5.59. The predicted molar refractivity (Wildman–Crippen MR) is 84.8 cm³/mol. The number of nitrogens with one attached hydrogen (secondary N) is 1. The van der Waals surface area contributed by atoms with Gasteiger partial charge in [0.1, 0.15) is 0 Å². The van der Waals surface area contributed by atoms with Gasteiger partial charge in [0.2, 0.25) is 11.8 Å². The first kappa shape index (κ1) is 15.0. The Morgan fingerprint density at radius 2 is 2.23 bits per heavy atom. The molecule has 0 spiro atoms. The molecule has 1 aromatic carbocycles. The van der Waals surface area contributed by atoms with Gasteiger partial charge in [0, 0.05) is 19.6 Å². The molecule has 0 saturated carbocycles. The zero-order chi connectivity index (χ0) is 15.5. The molecule has 5 nitrogen and oxygen atoms in total. The summed E-state index contributed by atoms with van der Waals surface area (Å²) in [5.74, 6) is -0.202. The summed E-state index contributed by atoms with van der Waals surface area (Å²) in [5.41, 5.74) is 1.50. The van der Waals surface area contributed by atoms with Crippen LogP contribution < -0.4 is 10.2 Å². The van der Waals surface area contributed by atoms with Crippen molar-refractivity contribution in [3.8, 4) is 0 Å². The summed E-state index contributed by atoms with van der Waals surface area (Å²) >= 11 is 0. The van der Waals surface area contributed by atoms with Crippen LogP contribution in [-0.2, 0) is 14.3 Å². The normalized spacial score (nSPS) is 24.6. The van der Waals surface area contributed by atoms with Crippen LogP contribution in [0.1, 0.15) is 32.6 Å². The van der Waals surface area contributed by atoms with Gasteiger partial charge in [-0.2, -0.15) is 0 Å². The lowest BCUT2D eigenvalue weighted by Gasteiger charge is -2.24. The van der Waals surface area contributed by atoms with Gasteiger partial charge < -0.3 is 15.0 Å². The van der Waals surface area contributed by atoms with Crippen molar-refractivity contribution in [3.05, 3.63) is 24.3 Å². The topological polar surface area (TPSA) is 58.6 Å². The molecule has 0 aliphatic carbocycles. The van der Waals surface area contributed by atoms with E-state index in [2.05, 4.69) is 5.32 Å². The number of rotatable bonds is 3. The van der Waals surface area contributed by atoms with Crippen LogP contribution >= 0.6 is 0 Å². The van der Waals surface area contributed by atoms with Gasteiger partial charge >= 0.3 is 0 Å². The molecule has 0 bridgehead atoms. The van der Waals surface area contributed by atoms with Gasteiger partial charge in [0.25, 0.3) is 0 Å². The third kappa shape index (κ3) is 3.14. The number of nitrogens with zero attached hydrogens (tertiary/aromatic N) is 1. The molecule has 2 aliphatic rings. The number of ether oxygens (including phenoxy) is 1. The molecule has 1 saturated heterocycles. The fourth-order valence-electron chi connectivity index (χ4n) is 3.05. The molecule has 0 radical (unpaired) electrons. The van der Waals surface area contributed by atoms with Gasteiger partial charge in [0.15, 0.2) is 0 Å². The van der Waals surface area contributed by atoms with Crippen molar-refractivity contribution >= 4 is 23.2 Å². The quantitative estimate of drug-likeness (QED) is 0.933. The molecule has 1 N–H and O–H groups in total. The molecule has 2 amide bonds. The molecule has 118 valence electrons. The second-order valence-corrected chi connectivity index (χ2v) is 6.09. The lowest BCUT2D eigenvalue weighted by Crippen LogP contribution is -2.36. The Morgan fingerprint density at radius 3 is 3.00 bits per heavy atom. The molecule has 5 heteroatoms. The van der Waals surface area contributed by atoms with Gasteiger partial charge in [0.05, 0.1) is 23.4 Å². The zero-order valence-corrected chi connectivity index (χ0v) is 12.9. The molecule has 2 heterocycles. The van der Waals surface area contributed by atoms with Crippen LogP contribution in [0.15, 0.2) is 24.3 Å². The van der Waals surface area contributed by atoms with Crippen molar-refractivity contribution in [1.29, 1.82) is 0 Å². The van der Waals surface area contributed by atoms with E-state index in [1.165, 1.54) is 0 Å². The highest BCUT2D eigenvalue weighted by atomic mass is 16.5. The maximum Gasteiger partial charge on any atom is 0.229 e. The molecule has 3 rings (SSSR count). The van der Waals surface area contributed by atoms with Crippen LogP contribution in [0.2, 0.25) is 0 Å². The summed E-state index contributed by atoms with van der Waals surface area (Å²) in [6.07, 6.45) is 3.55. The number of para-hydroxylation sites is 2. The average Bonchev–Trinajstić information content (AvgIpc) is 3.00. The van der Waals surface area contributed by atoms with Crippen LogP contribution in [0.4, 0.5) is 11.4 Å². The van der Waals surface area contributed by atoms with E-state index in [-0.39, 0.29) is 23.8 Å². The monoisotopic (exact) mass is 302 g/mol. The number of anilines is 2. The number of carbonyl (C=O) groups is 2. The molecule has 1 aromatic rings. The van der Waals surface area contributed by atoms with E-state index >= 15 is 0 Å². The highest BCUT2D eigenvalue weighted by Gasteiger charge is 2.28. The average molecular weight is 302 g/mol. The van der Waals surface area contributed by atoms with Gasteiger partial charge in [-0.25, -0.2) is 0 Å². The molecule has 22 heavy (non-hydrogen) atoms. The largest absolute Gasteiger partial charge is 0.378 e. The number of hydrogen-bond acceptors (Lipinski definition) is 3. The summed E-state index contributed by atoms with van der Waals surface area (Å²) in [7, 11) is 0. The van der Waals surface area contributed by atoms with Crippen molar-refractivity contribution < 1.29 is 14.3 Å². The van der Waals surface area contributed by atoms with Crippen LogP contribution in [0.5, 0.6) is 0 Å². The number of hydrogen-bond donors (Lipinski definition) is 1. The molecule has 2 atom stereocenters. The van der Waals surface area contributed by atoms with Crippen LogP contribution in [0, 0.1) is 5.92 Å². The minimum atomic E-state index is -0.223. The van der Waals surface area contributed by atoms with E-state index < -0.39 is 0 Å². The van der Waals surface area contributed by atoms with Crippen LogP contribution in [-0.4, -0.2) is 31.1 Å². The first-order valence-corrected chi connectivity index (χ1v) is 7.97. The summed E-state index contributed by atoms with van der Waals surface area (Å²) in [6.45, 7) is 3.08. The van der Waals surface area contributed by atoms with E-state index in [4.69, 9.17) is 4.74 Å². The first-order valence-electron chi connectivity index (χ1n) is 7.97. The molecule has 2 aliphatic heterocycles. The SMILES string of the molecule is C[C@H]1CN(C(=O)CC[C@@H]2CCCO2)c2ccccc2NC1=O. The number of carbonyl (C=O) groups excluding carboxylic acids is 2. The standard InChI is InChI=1S/C17H22N2O3/c1-12-11-19(16(20)9-8-13-5-4-10-22-13)15-7-3-2-6-14(15)18-17(12)21/h2-3,6-7,12-13H,4-5,8-11H2,1H3,(H,18,21)/t12-,13-/m0/s1. The Bertz CT molecular complexity index is 567. The Hall–Kier alpha value is -1.88. The molecule has 1 fully saturated rings. The Balaban J connectivity index is 1.75. The van der Waals surface area contributed by atoms with E-state index in [9.17, 15) is 9.59 Å². The predicted octanol–water partition coefficient (Wildman–Crippen LogP) is 2.57. The van der Waals surface area contributed by atoms with E-state index in [0.717, 1.165) is 31.6 Å². The third-order valence-electron chi connectivity index (χ3n) is 4.36. The maximum atomic E-state index is 12.7. The van der Waals surface area contributed by atoms with Crippen LogP contribution in [0.3, 0.4) is 0 Å². The summed E-state index contributed by atoms with van der Waals surface area (Å²) in [6, 6.07) is 7.48. The fourth-order valence-corrected chi connectivity index (χ4v) is 3.05. The fraction of sp³-hybridized carbons (Fsp3) is 0.529. The highest BCUT2D eigenvalue weighted by molar-refractivity contribution is 6.04. The zero-order valence-electron chi connectivity index (χ0n) is 12.9.